The Morgan fingerprint density at radius 3 is 2.50 bits per heavy atom. The third-order valence-electron chi connectivity index (χ3n) is 3.94. The van der Waals surface area contributed by atoms with Crippen molar-refractivity contribution in [1.82, 2.24) is 5.32 Å². The van der Waals surface area contributed by atoms with Crippen LogP contribution in [0.2, 0.25) is 0 Å². The van der Waals surface area contributed by atoms with Crippen LogP contribution in [0, 0.1) is 18.6 Å². The molecule has 0 atom stereocenters. The van der Waals surface area contributed by atoms with Crippen LogP contribution in [0.1, 0.15) is 48.0 Å². The maximum Gasteiger partial charge on any atom is 0.254 e. The van der Waals surface area contributed by atoms with Gasteiger partial charge < -0.3 is 5.32 Å². The van der Waals surface area contributed by atoms with E-state index in [1.165, 1.54) is 13.0 Å². The number of benzene rings is 1. The summed E-state index contributed by atoms with van der Waals surface area (Å²) < 4.78 is 27.0. The number of carbonyl (C=O) groups excluding carboxylic acids is 1. The largest absolute Gasteiger partial charge is 0.346 e. The molecule has 1 saturated carbocycles. The molecule has 0 spiro atoms. The molecule has 110 valence electrons. The third-order valence-corrected chi connectivity index (χ3v) is 5.01. The van der Waals surface area contributed by atoms with E-state index in [4.69, 9.17) is 0 Å². The summed E-state index contributed by atoms with van der Waals surface area (Å²) in [4.78, 5) is 12.3. The van der Waals surface area contributed by atoms with Crippen LogP contribution in [0.5, 0.6) is 0 Å². The number of alkyl halides is 1. The van der Waals surface area contributed by atoms with Gasteiger partial charge in [0.25, 0.3) is 5.91 Å². The van der Waals surface area contributed by atoms with Gasteiger partial charge in [-0.2, -0.15) is 0 Å². The number of aryl methyl sites for hydroxylation is 1. The Balaban J connectivity index is 2.21. The SMILES string of the molecule is Cc1cc(C(=O)NC2(CBr)CCCCC2)c(F)cc1F. The van der Waals surface area contributed by atoms with Gasteiger partial charge in [-0.15, -0.1) is 0 Å². The van der Waals surface area contributed by atoms with Crippen molar-refractivity contribution in [3.05, 3.63) is 34.9 Å². The van der Waals surface area contributed by atoms with Gasteiger partial charge in [0.1, 0.15) is 11.6 Å². The lowest BCUT2D eigenvalue weighted by atomic mass is 9.83. The standard InChI is InChI=1S/C15H18BrF2NO/c1-10-7-11(13(18)8-12(10)17)14(20)19-15(9-16)5-3-2-4-6-15/h7-8H,2-6,9H2,1H3,(H,19,20). The molecule has 1 amide bonds. The zero-order chi connectivity index (χ0) is 14.8. The van der Waals surface area contributed by atoms with E-state index in [9.17, 15) is 13.6 Å². The number of carbonyl (C=O) groups is 1. The molecule has 1 fully saturated rings. The Hall–Kier alpha value is -0.970. The van der Waals surface area contributed by atoms with Crippen LogP contribution in [0.3, 0.4) is 0 Å². The minimum absolute atomic E-state index is 0.0881. The lowest BCUT2D eigenvalue weighted by molar-refractivity contribution is 0.0882. The molecule has 0 heterocycles. The highest BCUT2D eigenvalue weighted by molar-refractivity contribution is 9.09. The van der Waals surface area contributed by atoms with Crippen LogP contribution < -0.4 is 5.32 Å². The predicted molar refractivity (Wildman–Crippen MR) is 78.2 cm³/mol. The number of amides is 1. The van der Waals surface area contributed by atoms with Crippen molar-refractivity contribution >= 4 is 21.8 Å². The molecule has 2 nitrogen and oxygen atoms in total. The van der Waals surface area contributed by atoms with Crippen LogP contribution in [-0.2, 0) is 0 Å². The molecule has 20 heavy (non-hydrogen) atoms. The van der Waals surface area contributed by atoms with Crippen molar-refractivity contribution in [2.45, 2.75) is 44.6 Å². The highest BCUT2D eigenvalue weighted by Gasteiger charge is 2.33. The first-order chi connectivity index (χ1) is 9.47. The number of hydrogen-bond donors (Lipinski definition) is 1. The number of halogens is 3. The molecule has 0 saturated heterocycles. The van der Waals surface area contributed by atoms with E-state index < -0.39 is 17.5 Å². The quantitative estimate of drug-likeness (QED) is 0.821. The number of hydrogen-bond acceptors (Lipinski definition) is 1. The van der Waals surface area contributed by atoms with Gasteiger partial charge in [0.2, 0.25) is 0 Å². The smallest absolute Gasteiger partial charge is 0.254 e. The molecule has 1 N–H and O–H groups in total. The summed E-state index contributed by atoms with van der Waals surface area (Å²) >= 11 is 3.45. The van der Waals surface area contributed by atoms with E-state index in [1.807, 2.05) is 0 Å². The Labute approximate surface area is 126 Å². The first-order valence-corrected chi connectivity index (χ1v) is 7.94. The maximum atomic E-state index is 13.8. The van der Waals surface area contributed by atoms with Crippen molar-refractivity contribution in [2.75, 3.05) is 5.33 Å². The number of rotatable bonds is 3. The molecular formula is C15H18BrF2NO. The minimum Gasteiger partial charge on any atom is -0.346 e. The molecule has 1 aromatic rings. The molecule has 5 heteroatoms. The summed E-state index contributed by atoms with van der Waals surface area (Å²) in [5.41, 5.74) is -0.132. The molecule has 1 aliphatic carbocycles. The van der Waals surface area contributed by atoms with Gasteiger partial charge in [-0.1, -0.05) is 35.2 Å². The molecule has 0 bridgehead atoms. The highest BCUT2D eigenvalue weighted by Crippen LogP contribution is 2.30. The Morgan fingerprint density at radius 2 is 1.90 bits per heavy atom. The first-order valence-electron chi connectivity index (χ1n) is 6.81. The second-order valence-corrected chi connectivity index (χ2v) is 6.07. The van der Waals surface area contributed by atoms with Gasteiger partial charge in [0, 0.05) is 11.4 Å². The van der Waals surface area contributed by atoms with Crippen LogP contribution in [0.15, 0.2) is 12.1 Å². The summed E-state index contributed by atoms with van der Waals surface area (Å²) in [5, 5.41) is 3.58. The van der Waals surface area contributed by atoms with E-state index in [-0.39, 0.29) is 16.7 Å². The third kappa shape index (κ3) is 3.19. The monoisotopic (exact) mass is 345 g/mol. The summed E-state index contributed by atoms with van der Waals surface area (Å²) in [5.74, 6) is -1.91. The average Bonchev–Trinajstić information content (AvgIpc) is 2.43. The minimum atomic E-state index is -0.814. The van der Waals surface area contributed by atoms with Gasteiger partial charge in [0.15, 0.2) is 0 Å². The topological polar surface area (TPSA) is 29.1 Å². The fraction of sp³-hybridized carbons (Fsp3) is 0.533. The summed E-state index contributed by atoms with van der Waals surface area (Å²) in [7, 11) is 0. The maximum absolute atomic E-state index is 13.8. The van der Waals surface area contributed by atoms with Gasteiger partial charge >= 0.3 is 0 Å². The van der Waals surface area contributed by atoms with Gasteiger partial charge in [0.05, 0.1) is 11.1 Å². The normalized spacial score (nSPS) is 17.8. The molecule has 1 aliphatic rings. The van der Waals surface area contributed by atoms with Gasteiger partial charge in [-0.25, -0.2) is 8.78 Å². The molecule has 2 rings (SSSR count). The van der Waals surface area contributed by atoms with Crippen molar-refractivity contribution in [3.63, 3.8) is 0 Å². The fourth-order valence-electron chi connectivity index (χ4n) is 2.66. The van der Waals surface area contributed by atoms with Crippen LogP contribution in [0.4, 0.5) is 8.78 Å². The summed E-state index contributed by atoms with van der Waals surface area (Å²) in [6, 6.07) is 2.04. The van der Waals surface area contributed by atoms with Crippen LogP contribution in [-0.4, -0.2) is 16.8 Å². The molecule has 0 aliphatic heterocycles. The van der Waals surface area contributed by atoms with Crippen molar-refractivity contribution in [3.8, 4) is 0 Å². The zero-order valence-corrected chi connectivity index (χ0v) is 13.0. The van der Waals surface area contributed by atoms with Crippen LogP contribution in [0.25, 0.3) is 0 Å². The Morgan fingerprint density at radius 1 is 1.25 bits per heavy atom. The van der Waals surface area contributed by atoms with Crippen molar-refractivity contribution < 1.29 is 13.6 Å². The predicted octanol–water partition coefficient (Wildman–Crippen LogP) is 4.10. The average molecular weight is 346 g/mol. The molecule has 0 unspecified atom stereocenters. The molecular weight excluding hydrogens is 328 g/mol. The van der Waals surface area contributed by atoms with Gasteiger partial charge in [-0.05, 0) is 31.4 Å². The highest BCUT2D eigenvalue weighted by atomic mass is 79.9. The second-order valence-electron chi connectivity index (χ2n) is 5.51. The molecule has 0 aromatic heterocycles. The Bertz CT molecular complexity index is 513. The van der Waals surface area contributed by atoms with Crippen molar-refractivity contribution in [2.24, 2.45) is 0 Å². The first kappa shape index (κ1) is 15.4. The Kier molecular flexibility index (Phi) is 4.78. The van der Waals surface area contributed by atoms with E-state index in [0.29, 0.717) is 5.33 Å². The summed E-state index contributed by atoms with van der Waals surface area (Å²) in [6.45, 7) is 1.52. The fourth-order valence-corrected chi connectivity index (χ4v) is 3.36. The van der Waals surface area contributed by atoms with E-state index >= 15 is 0 Å². The lowest BCUT2D eigenvalue weighted by Crippen LogP contribution is -2.51. The zero-order valence-electron chi connectivity index (χ0n) is 11.4. The summed E-state index contributed by atoms with van der Waals surface area (Å²) in [6.07, 6.45) is 5.03. The van der Waals surface area contributed by atoms with E-state index in [0.717, 1.165) is 38.2 Å². The molecule has 1 aromatic carbocycles. The number of nitrogens with one attached hydrogen (secondary N) is 1. The second kappa shape index (κ2) is 6.20. The van der Waals surface area contributed by atoms with E-state index in [2.05, 4.69) is 21.2 Å². The van der Waals surface area contributed by atoms with Crippen molar-refractivity contribution in [1.29, 1.82) is 0 Å². The van der Waals surface area contributed by atoms with Crippen LogP contribution >= 0.6 is 15.9 Å². The molecule has 0 radical (unpaired) electrons. The van der Waals surface area contributed by atoms with Gasteiger partial charge in [-0.3, -0.25) is 4.79 Å². The van der Waals surface area contributed by atoms with E-state index in [1.54, 1.807) is 0 Å². The lowest BCUT2D eigenvalue weighted by Gasteiger charge is -2.36.